The molecule has 2 fully saturated rings. The molecule has 24 heavy (non-hydrogen) atoms. The molecule has 0 radical (unpaired) electrons. The van der Waals surface area contributed by atoms with Crippen molar-refractivity contribution in [3.05, 3.63) is 23.0 Å². The van der Waals surface area contributed by atoms with Crippen molar-refractivity contribution in [1.29, 1.82) is 0 Å². The second-order valence-corrected chi connectivity index (χ2v) is 8.88. The third kappa shape index (κ3) is 2.17. The first kappa shape index (κ1) is 16.7. The molecule has 3 heteroatoms. The molecule has 2 saturated carbocycles. The fraction of sp³-hybridized carbons (Fsp3) is 0.810. The highest BCUT2D eigenvalue weighted by Crippen LogP contribution is 2.65. The summed E-state index contributed by atoms with van der Waals surface area (Å²) in [5.74, 6) is 2.46. The van der Waals surface area contributed by atoms with Crippen LogP contribution in [0.15, 0.2) is 23.0 Å². The first-order valence-corrected chi connectivity index (χ1v) is 9.77. The summed E-state index contributed by atoms with van der Waals surface area (Å²) in [5.41, 5.74) is 2.23. The summed E-state index contributed by atoms with van der Waals surface area (Å²) in [7, 11) is 1.76. The maximum absolute atomic E-state index is 11.5. The van der Waals surface area contributed by atoms with E-state index in [-0.39, 0.29) is 17.4 Å². The van der Waals surface area contributed by atoms with Crippen LogP contribution in [0.2, 0.25) is 0 Å². The van der Waals surface area contributed by atoms with Crippen molar-refractivity contribution in [2.45, 2.75) is 76.9 Å². The highest BCUT2D eigenvalue weighted by molar-refractivity contribution is 5.35. The topological polar surface area (TPSA) is 49.7 Å². The van der Waals surface area contributed by atoms with E-state index in [1.807, 2.05) is 6.92 Å². The summed E-state index contributed by atoms with van der Waals surface area (Å²) in [6.45, 7) is 4.24. The summed E-state index contributed by atoms with van der Waals surface area (Å²) in [5, 5.41) is 22.2. The minimum absolute atomic E-state index is 0.0646. The number of allylic oxidation sites excluding steroid dienone is 2. The number of ether oxygens (including phenoxy) is 1. The molecule has 134 valence electrons. The Bertz CT molecular complexity index is 588. The van der Waals surface area contributed by atoms with Crippen LogP contribution in [0, 0.1) is 23.2 Å². The van der Waals surface area contributed by atoms with Gasteiger partial charge in [0.1, 0.15) is 0 Å². The summed E-state index contributed by atoms with van der Waals surface area (Å²) in [6, 6.07) is 0. The van der Waals surface area contributed by atoms with E-state index >= 15 is 0 Å². The predicted molar refractivity (Wildman–Crippen MR) is 94.3 cm³/mol. The largest absolute Gasteiger partial charge is 0.501 e. The molecule has 4 aliphatic rings. The molecule has 2 N–H and O–H groups in total. The van der Waals surface area contributed by atoms with E-state index in [2.05, 4.69) is 13.0 Å². The Hall–Kier alpha value is -0.800. The lowest BCUT2D eigenvalue weighted by Gasteiger charge is -2.58. The van der Waals surface area contributed by atoms with Gasteiger partial charge in [0.25, 0.3) is 0 Å². The fourth-order valence-corrected chi connectivity index (χ4v) is 7.00. The summed E-state index contributed by atoms with van der Waals surface area (Å²) in [6.07, 6.45) is 9.92. The van der Waals surface area contributed by atoms with E-state index in [9.17, 15) is 10.2 Å². The highest BCUT2D eigenvalue weighted by atomic mass is 16.5. The van der Waals surface area contributed by atoms with Gasteiger partial charge in [-0.05, 0) is 69.8 Å². The number of hydrogen-bond donors (Lipinski definition) is 2. The van der Waals surface area contributed by atoms with Crippen molar-refractivity contribution in [2.75, 3.05) is 7.11 Å². The van der Waals surface area contributed by atoms with Gasteiger partial charge in [-0.1, -0.05) is 18.1 Å². The number of hydrogen-bond acceptors (Lipinski definition) is 3. The van der Waals surface area contributed by atoms with Crippen LogP contribution >= 0.6 is 0 Å². The summed E-state index contributed by atoms with van der Waals surface area (Å²) in [4.78, 5) is 0. The number of fused-ring (bicyclic) bond motifs is 4. The molecular formula is C21H32O3. The van der Waals surface area contributed by atoms with Gasteiger partial charge < -0.3 is 14.9 Å². The molecule has 0 unspecified atom stereocenters. The maximum Gasteiger partial charge on any atom is 0.0959 e. The molecule has 3 nitrogen and oxygen atoms in total. The van der Waals surface area contributed by atoms with Crippen LogP contribution in [0.1, 0.15) is 65.2 Å². The van der Waals surface area contributed by atoms with E-state index in [4.69, 9.17) is 4.74 Å². The van der Waals surface area contributed by atoms with Crippen LogP contribution < -0.4 is 0 Å². The van der Waals surface area contributed by atoms with Crippen LogP contribution in [-0.4, -0.2) is 29.0 Å². The molecule has 0 heterocycles. The van der Waals surface area contributed by atoms with Crippen molar-refractivity contribution < 1.29 is 14.9 Å². The molecule has 0 amide bonds. The van der Waals surface area contributed by atoms with Crippen molar-refractivity contribution in [3.8, 4) is 0 Å². The van der Waals surface area contributed by atoms with Gasteiger partial charge in [-0.2, -0.15) is 0 Å². The zero-order valence-corrected chi connectivity index (χ0v) is 15.3. The van der Waals surface area contributed by atoms with Crippen LogP contribution in [0.4, 0.5) is 0 Å². The molecule has 4 rings (SSSR count). The number of rotatable bonds is 2. The molecule has 4 aliphatic carbocycles. The summed E-state index contributed by atoms with van der Waals surface area (Å²) < 4.78 is 5.48. The van der Waals surface area contributed by atoms with Crippen molar-refractivity contribution in [1.82, 2.24) is 0 Å². The normalized spacial score (nSPS) is 47.6. The molecule has 0 aromatic rings. The van der Waals surface area contributed by atoms with Crippen LogP contribution in [0.25, 0.3) is 0 Å². The van der Waals surface area contributed by atoms with Crippen molar-refractivity contribution in [3.63, 3.8) is 0 Å². The Kier molecular flexibility index (Phi) is 3.89. The molecule has 0 saturated heterocycles. The van der Waals surface area contributed by atoms with Gasteiger partial charge in [0.15, 0.2) is 0 Å². The number of aliphatic hydroxyl groups excluding tert-OH is 1. The van der Waals surface area contributed by atoms with Gasteiger partial charge in [0.05, 0.1) is 24.6 Å². The minimum Gasteiger partial charge on any atom is -0.501 e. The monoisotopic (exact) mass is 332 g/mol. The van der Waals surface area contributed by atoms with E-state index < -0.39 is 5.60 Å². The van der Waals surface area contributed by atoms with Gasteiger partial charge in [-0.25, -0.2) is 0 Å². The van der Waals surface area contributed by atoms with Gasteiger partial charge in [-0.3, -0.25) is 0 Å². The highest BCUT2D eigenvalue weighted by Gasteiger charge is 2.62. The average Bonchev–Trinajstić information content (AvgIpc) is 2.90. The Morgan fingerprint density at radius 2 is 2.08 bits per heavy atom. The van der Waals surface area contributed by atoms with Crippen LogP contribution in [-0.2, 0) is 4.74 Å². The zero-order valence-electron chi connectivity index (χ0n) is 15.3. The Morgan fingerprint density at radius 3 is 2.79 bits per heavy atom. The molecule has 0 aromatic carbocycles. The molecule has 0 spiro atoms. The van der Waals surface area contributed by atoms with Gasteiger partial charge in [0, 0.05) is 17.8 Å². The third-order valence-corrected chi connectivity index (χ3v) is 7.92. The molecule has 0 aromatic heterocycles. The lowest BCUT2D eigenvalue weighted by atomic mass is 9.48. The van der Waals surface area contributed by atoms with E-state index in [0.717, 1.165) is 57.1 Å². The fourth-order valence-electron chi connectivity index (χ4n) is 7.00. The Balaban J connectivity index is 1.72. The van der Waals surface area contributed by atoms with E-state index in [0.29, 0.717) is 11.8 Å². The van der Waals surface area contributed by atoms with Crippen molar-refractivity contribution in [2.24, 2.45) is 23.2 Å². The first-order valence-electron chi connectivity index (χ1n) is 9.77. The number of aliphatic hydroxyl groups is 2. The third-order valence-electron chi connectivity index (χ3n) is 7.92. The van der Waals surface area contributed by atoms with Crippen molar-refractivity contribution >= 4 is 0 Å². The minimum atomic E-state index is -0.706. The average molecular weight is 332 g/mol. The van der Waals surface area contributed by atoms with Gasteiger partial charge >= 0.3 is 0 Å². The lowest BCUT2D eigenvalue weighted by Crippen LogP contribution is -2.57. The molecule has 6 atom stereocenters. The van der Waals surface area contributed by atoms with E-state index in [1.165, 1.54) is 11.1 Å². The maximum atomic E-state index is 11.5. The quantitative estimate of drug-likeness (QED) is 0.753. The lowest BCUT2D eigenvalue weighted by molar-refractivity contribution is -0.152. The molecule has 0 bridgehead atoms. The van der Waals surface area contributed by atoms with Crippen LogP contribution in [0.5, 0.6) is 0 Å². The molecular weight excluding hydrogens is 300 g/mol. The summed E-state index contributed by atoms with van der Waals surface area (Å²) >= 11 is 0. The zero-order chi connectivity index (χ0) is 17.1. The Morgan fingerprint density at radius 1 is 1.29 bits per heavy atom. The number of methoxy groups -OCH3 is 1. The van der Waals surface area contributed by atoms with Gasteiger partial charge in [-0.15, -0.1) is 0 Å². The van der Waals surface area contributed by atoms with Crippen LogP contribution in [0.3, 0.4) is 0 Å². The SMILES string of the molecule is CC[C@]12C[C@](C)(O)[C@@H]3C4=C(CC[C@H]3[C@@H]1CC[C@@H]2O)CC(OC)=CC4. The second kappa shape index (κ2) is 5.60. The Labute approximate surface area is 145 Å². The standard InChI is InChI=1S/C21H32O3/c1-4-21-12-20(2,23)19-15-8-6-14(24-3)11-13(15)5-7-16(19)17(21)9-10-18(21)22/h6,16-19,22-23H,4-5,7-12H2,1-3H3/t16-,17-,18-,19+,20-,21-/m0/s1. The van der Waals surface area contributed by atoms with Gasteiger partial charge in [0.2, 0.25) is 0 Å². The second-order valence-electron chi connectivity index (χ2n) is 8.88. The predicted octanol–water partition coefficient (Wildman–Crippen LogP) is 3.96. The smallest absolute Gasteiger partial charge is 0.0959 e. The first-order chi connectivity index (χ1) is 11.4. The molecule has 0 aliphatic heterocycles. The van der Waals surface area contributed by atoms with E-state index in [1.54, 1.807) is 7.11 Å².